The molecule has 1 saturated heterocycles. The number of amides is 2. The Hall–Kier alpha value is -4.00. The van der Waals surface area contributed by atoms with Crippen LogP contribution in [0.5, 0.6) is 0 Å². The van der Waals surface area contributed by atoms with Crippen LogP contribution < -0.4 is 9.80 Å². The number of aromatic nitrogens is 1. The van der Waals surface area contributed by atoms with E-state index in [9.17, 15) is 9.59 Å². The van der Waals surface area contributed by atoms with E-state index < -0.39 is 11.8 Å². The highest BCUT2D eigenvalue weighted by Gasteiger charge is 2.41. The third kappa shape index (κ3) is 4.18. The molecule has 1 aromatic heterocycles. The highest BCUT2D eigenvalue weighted by molar-refractivity contribution is 7.81. The van der Waals surface area contributed by atoms with Gasteiger partial charge in [-0.1, -0.05) is 54.1 Å². The highest BCUT2D eigenvalue weighted by atomic mass is 35.5. The van der Waals surface area contributed by atoms with Crippen LogP contribution in [0.2, 0.25) is 5.02 Å². The van der Waals surface area contributed by atoms with Gasteiger partial charge in [0, 0.05) is 22.6 Å². The molecule has 1 fully saturated rings. The van der Waals surface area contributed by atoms with E-state index in [1.54, 1.807) is 30.3 Å². The second-order valence-electron chi connectivity index (χ2n) is 8.03. The van der Waals surface area contributed by atoms with Crippen LogP contribution in [-0.4, -0.2) is 21.5 Å². The average molecular weight is 498 g/mol. The zero-order chi connectivity index (χ0) is 24.5. The van der Waals surface area contributed by atoms with Crippen LogP contribution in [0.1, 0.15) is 11.3 Å². The van der Waals surface area contributed by atoms with Crippen molar-refractivity contribution in [3.63, 3.8) is 0 Å². The number of nitrogens with zero attached hydrogens (tertiary/aromatic N) is 3. The molecule has 2 amide bonds. The van der Waals surface area contributed by atoms with Crippen LogP contribution in [-0.2, 0) is 9.59 Å². The number of halogens is 1. The van der Waals surface area contributed by atoms with Gasteiger partial charge in [0.1, 0.15) is 5.57 Å². The van der Waals surface area contributed by atoms with E-state index in [1.165, 1.54) is 9.80 Å². The first-order valence-electron chi connectivity index (χ1n) is 10.9. The first kappa shape index (κ1) is 22.8. The number of carbonyl (C=O) groups excluding carboxylic acids is 2. The summed E-state index contributed by atoms with van der Waals surface area (Å²) in [5, 5.41) is 0.741. The molecule has 35 heavy (non-hydrogen) atoms. The number of rotatable bonds is 4. The van der Waals surface area contributed by atoms with E-state index in [0.717, 1.165) is 11.3 Å². The third-order valence-electron chi connectivity index (χ3n) is 5.78. The number of para-hydroxylation sites is 2. The minimum absolute atomic E-state index is 0.00413. The lowest BCUT2D eigenvalue weighted by atomic mass is 10.1. The molecule has 172 valence electrons. The molecule has 2 heterocycles. The van der Waals surface area contributed by atoms with Gasteiger partial charge in [0.15, 0.2) is 5.11 Å². The summed E-state index contributed by atoms with van der Waals surface area (Å²) in [4.78, 5) is 30.2. The van der Waals surface area contributed by atoms with Crippen LogP contribution in [0.15, 0.2) is 103 Å². The molecule has 0 radical (unpaired) electrons. The Bertz CT molecular complexity index is 1420. The molecule has 0 spiro atoms. The minimum Gasteiger partial charge on any atom is -0.317 e. The number of hydrogen-bond donors (Lipinski definition) is 0. The summed E-state index contributed by atoms with van der Waals surface area (Å²) in [5.74, 6) is -0.957. The Morgan fingerprint density at radius 2 is 1.31 bits per heavy atom. The Labute approximate surface area is 213 Å². The highest BCUT2D eigenvalue weighted by Crippen LogP contribution is 2.30. The van der Waals surface area contributed by atoms with Gasteiger partial charge in [0.2, 0.25) is 0 Å². The first-order chi connectivity index (χ1) is 17.0. The number of benzene rings is 3. The smallest absolute Gasteiger partial charge is 0.270 e. The Kier molecular flexibility index (Phi) is 6.07. The Morgan fingerprint density at radius 1 is 0.743 bits per heavy atom. The lowest BCUT2D eigenvalue weighted by Gasteiger charge is -2.36. The molecular formula is C28H20ClN3O2S. The molecule has 0 saturated carbocycles. The maximum Gasteiger partial charge on any atom is 0.270 e. The Morgan fingerprint density at radius 3 is 1.86 bits per heavy atom. The molecule has 3 aromatic carbocycles. The quantitative estimate of drug-likeness (QED) is 0.192. The van der Waals surface area contributed by atoms with Gasteiger partial charge >= 0.3 is 0 Å². The van der Waals surface area contributed by atoms with Crippen LogP contribution in [0.3, 0.4) is 0 Å². The molecule has 0 aliphatic carbocycles. The van der Waals surface area contributed by atoms with E-state index in [2.05, 4.69) is 0 Å². The lowest BCUT2D eigenvalue weighted by Crippen LogP contribution is -2.56. The molecule has 7 heteroatoms. The van der Waals surface area contributed by atoms with Crippen molar-refractivity contribution in [3.8, 4) is 5.69 Å². The number of carbonyl (C=O) groups is 2. The number of thiocarbonyl (C=S) groups is 1. The second-order valence-corrected chi connectivity index (χ2v) is 8.80. The second kappa shape index (κ2) is 9.33. The van der Waals surface area contributed by atoms with E-state index in [1.807, 2.05) is 84.4 Å². The van der Waals surface area contributed by atoms with Gasteiger partial charge < -0.3 is 4.57 Å². The SMILES string of the molecule is Cc1ccc(-n2cccc2C=C2C(=O)N(c3ccccc3)C(=S)N(c3ccccc3)C2=O)cc1Cl. The van der Waals surface area contributed by atoms with Gasteiger partial charge in [-0.05, 0) is 79.3 Å². The van der Waals surface area contributed by atoms with Gasteiger partial charge in [-0.2, -0.15) is 0 Å². The van der Waals surface area contributed by atoms with Crippen molar-refractivity contribution in [1.82, 2.24) is 4.57 Å². The summed E-state index contributed by atoms with van der Waals surface area (Å²) in [6, 6.07) is 27.6. The predicted octanol–water partition coefficient (Wildman–Crippen LogP) is 6.19. The van der Waals surface area contributed by atoms with Crippen molar-refractivity contribution in [2.45, 2.75) is 6.92 Å². The largest absolute Gasteiger partial charge is 0.317 e. The van der Waals surface area contributed by atoms with Crippen molar-refractivity contribution in [3.05, 3.63) is 119 Å². The first-order valence-corrected chi connectivity index (χ1v) is 11.7. The molecule has 1 aliphatic heterocycles. The van der Waals surface area contributed by atoms with Crippen LogP contribution >= 0.6 is 23.8 Å². The van der Waals surface area contributed by atoms with Crippen molar-refractivity contribution in [1.29, 1.82) is 0 Å². The monoisotopic (exact) mass is 497 g/mol. The molecule has 0 atom stereocenters. The number of aryl methyl sites for hydroxylation is 1. The summed E-state index contributed by atoms with van der Waals surface area (Å²) in [7, 11) is 0. The van der Waals surface area contributed by atoms with Gasteiger partial charge in [-0.25, -0.2) is 0 Å². The van der Waals surface area contributed by atoms with Crippen molar-refractivity contribution in [2.24, 2.45) is 0 Å². The van der Waals surface area contributed by atoms with Gasteiger partial charge in [0.05, 0.1) is 11.4 Å². The van der Waals surface area contributed by atoms with Crippen LogP contribution in [0.4, 0.5) is 11.4 Å². The summed E-state index contributed by atoms with van der Waals surface area (Å²) < 4.78 is 1.88. The van der Waals surface area contributed by atoms with Crippen LogP contribution in [0.25, 0.3) is 11.8 Å². The Balaban J connectivity index is 1.65. The van der Waals surface area contributed by atoms with E-state index in [0.29, 0.717) is 22.1 Å². The number of anilines is 2. The molecule has 0 bridgehead atoms. The molecule has 4 aromatic rings. The van der Waals surface area contributed by atoms with Gasteiger partial charge in [-0.3, -0.25) is 19.4 Å². The summed E-state index contributed by atoms with van der Waals surface area (Å²) >= 11 is 12.0. The molecule has 1 aliphatic rings. The zero-order valence-corrected chi connectivity index (χ0v) is 20.3. The zero-order valence-electron chi connectivity index (χ0n) is 18.8. The lowest BCUT2D eigenvalue weighted by molar-refractivity contribution is -0.120. The fraction of sp³-hybridized carbons (Fsp3) is 0.0357. The minimum atomic E-state index is -0.479. The van der Waals surface area contributed by atoms with Gasteiger partial charge in [-0.15, -0.1) is 0 Å². The van der Waals surface area contributed by atoms with Crippen molar-refractivity contribution >= 4 is 58.2 Å². The molecule has 0 unspecified atom stereocenters. The van der Waals surface area contributed by atoms with E-state index in [-0.39, 0.29) is 10.7 Å². The molecule has 5 rings (SSSR count). The summed E-state index contributed by atoms with van der Waals surface area (Å²) in [5.41, 5.74) is 3.62. The number of hydrogen-bond acceptors (Lipinski definition) is 3. The standard InChI is InChI=1S/C28H20ClN3O2S/c1-19-14-15-23(18-25(19)29)30-16-8-13-22(30)17-24-26(33)31(20-9-4-2-5-10-20)28(35)32(27(24)34)21-11-6-3-7-12-21/h2-18H,1H3. The maximum atomic E-state index is 13.7. The molecular weight excluding hydrogens is 478 g/mol. The molecule has 5 nitrogen and oxygen atoms in total. The topological polar surface area (TPSA) is 45.6 Å². The predicted molar refractivity (Wildman–Crippen MR) is 144 cm³/mol. The third-order valence-corrected chi connectivity index (χ3v) is 6.56. The van der Waals surface area contributed by atoms with Crippen molar-refractivity contribution < 1.29 is 9.59 Å². The van der Waals surface area contributed by atoms with Crippen LogP contribution in [0, 0.1) is 6.92 Å². The fourth-order valence-corrected chi connectivity index (χ4v) is 4.52. The average Bonchev–Trinajstić information content (AvgIpc) is 3.33. The molecule has 0 N–H and O–H groups in total. The maximum absolute atomic E-state index is 13.7. The van der Waals surface area contributed by atoms with E-state index in [4.69, 9.17) is 23.8 Å². The summed E-state index contributed by atoms with van der Waals surface area (Å²) in [6.45, 7) is 1.93. The van der Waals surface area contributed by atoms with Gasteiger partial charge in [0.25, 0.3) is 11.8 Å². The fourth-order valence-electron chi connectivity index (χ4n) is 3.97. The summed E-state index contributed by atoms with van der Waals surface area (Å²) in [6.07, 6.45) is 3.46. The van der Waals surface area contributed by atoms with E-state index >= 15 is 0 Å². The van der Waals surface area contributed by atoms with Crippen molar-refractivity contribution in [2.75, 3.05) is 9.80 Å². The normalized spacial score (nSPS) is 14.0.